The molecule has 1 fully saturated rings. The van der Waals surface area contributed by atoms with Crippen LogP contribution in [0.3, 0.4) is 0 Å². The summed E-state index contributed by atoms with van der Waals surface area (Å²) in [5, 5.41) is 1.80. The second-order valence-electron chi connectivity index (χ2n) is 4.06. The fourth-order valence-corrected chi connectivity index (χ4v) is 2.78. The van der Waals surface area contributed by atoms with Gasteiger partial charge < -0.3 is 9.64 Å². The summed E-state index contributed by atoms with van der Waals surface area (Å²) in [4.78, 5) is 25.8. The van der Waals surface area contributed by atoms with E-state index in [1.165, 1.54) is 11.3 Å². The van der Waals surface area contributed by atoms with E-state index >= 15 is 0 Å². The number of hydrogen-bond donors (Lipinski definition) is 0. The van der Waals surface area contributed by atoms with Gasteiger partial charge in [0.05, 0.1) is 12.3 Å². The molecular weight excluding hydrogens is 250 g/mol. The molecule has 96 valence electrons. The van der Waals surface area contributed by atoms with E-state index in [-0.39, 0.29) is 17.8 Å². The van der Waals surface area contributed by atoms with Crippen molar-refractivity contribution in [3.8, 4) is 0 Å². The maximum Gasteiger partial charge on any atom is 0.350 e. The van der Waals surface area contributed by atoms with Gasteiger partial charge in [-0.2, -0.15) is 0 Å². The van der Waals surface area contributed by atoms with Gasteiger partial charge in [0.2, 0.25) is 5.91 Å². The van der Waals surface area contributed by atoms with Gasteiger partial charge in [-0.05, 0) is 18.4 Å². The second-order valence-corrected chi connectivity index (χ2v) is 4.98. The van der Waals surface area contributed by atoms with Crippen LogP contribution in [-0.2, 0) is 9.53 Å². The van der Waals surface area contributed by atoms with Crippen LogP contribution in [0.25, 0.3) is 0 Å². The zero-order valence-corrected chi connectivity index (χ0v) is 11.0. The molecule has 1 aromatic heterocycles. The van der Waals surface area contributed by atoms with Gasteiger partial charge in [-0.15, -0.1) is 17.9 Å². The van der Waals surface area contributed by atoms with Crippen LogP contribution in [0.2, 0.25) is 0 Å². The zero-order chi connectivity index (χ0) is 13.1. The topological polar surface area (TPSA) is 46.6 Å². The van der Waals surface area contributed by atoms with Crippen LogP contribution < -0.4 is 4.90 Å². The number of hydrogen-bond acceptors (Lipinski definition) is 4. The van der Waals surface area contributed by atoms with Gasteiger partial charge in [0.15, 0.2) is 0 Å². The number of nitrogens with zero attached hydrogens (tertiary/aromatic N) is 1. The lowest BCUT2D eigenvalue weighted by molar-refractivity contribution is -0.117. The Morgan fingerprint density at radius 2 is 2.50 bits per heavy atom. The molecule has 1 unspecified atom stereocenters. The predicted molar refractivity (Wildman–Crippen MR) is 70.9 cm³/mol. The molecular formula is C13H15NO3S. The smallest absolute Gasteiger partial charge is 0.350 e. The van der Waals surface area contributed by atoms with Crippen molar-refractivity contribution in [3.63, 3.8) is 0 Å². The number of carbonyl (C=O) groups is 2. The lowest BCUT2D eigenvalue weighted by Gasteiger charge is -2.16. The standard InChI is InChI=1S/C13H15NO3S/c1-3-9-7-11(15)14(8-9)10-5-6-18-12(10)13(16)17-4-2/h3,5-6,9H,1,4,7-8H2,2H3. The lowest BCUT2D eigenvalue weighted by Crippen LogP contribution is -2.25. The highest BCUT2D eigenvalue weighted by Gasteiger charge is 2.32. The Kier molecular flexibility index (Phi) is 3.81. The number of ether oxygens (including phenoxy) is 1. The van der Waals surface area contributed by atoms with Crippen molar-refractivity contribution in [1.82, 2.24) is 0 Å². The molecule has 0 aromatic carbocycles. The van der Waals surface area contributed by atoms with Crippen LogP contribution in [0, 0.1) is 5.92 Å². The second kappa shape index (κ2) is 5.35. The van der Waals surface area contributed by atoms with Gasteiger partial charge in [0.1, 0.15) is 4.88 Å². The largest absolute Gasteiger partial charge is 0.462 e. The average Bonchev–Trinajstić information content (AvgIpc) is 2.94. The first-order chi connectivity index (χ1) is 8.67. The number of thiophene rings is 1. The first-order valence-electron chi connectivity index (χ1n) is 5.85. The maximum absolute atomic E-state index is 11.9. The molecule has 4 nitrogen and oxygen atoms in total. The van der Waals surface area contributed by atoms with Crippen molar-refractivity contribution >= 4 is 28.9 Å². The quantitative estimate of drug-likeness (QED) is 0.620. The molecule has 1 aliphatic heterocycles. The summed E-state index contributed by atoms with van der Waals surface area (Å²) in [7, 11) is 0. The van der Waals surface area contributed by atoms with Crippen molar-refractivity contribution in [2.75, 3.05) is 18.1 Å². The molecule has 0 saturated carbocycles. The maximum atomic E-state index is 11.9. The number of rotatable bonds is 4. The molecule has 2 rings (SSSR count). The number of amides is 1. The normalized spacial score (nSPS) is 19.1. The van der Waals surface area contributed by atoms with E-state index < -0.39 is 0 Å². The van der Waals surface area contributed by atoms with Crippen molar-refractivity contribution in [1.29, 1.82) is 0 Å². The molecule has 1 saturated heterocycles. The minimum Gasteiger partial charge on any atom is -0.462 e. The predicted octanol–water partition coefficient (Wildman–Crippen LogP) is 2.46. The summed E-state index contributed by atoms with van der Waals surface area (Å²) in [6, 6.07) is 1.79. The summed E-state index contributed by atoms with van der Waals surface area (Å²) < 4.78 is 4.99. The highest BCUT2D eigenvalue weighted by molar-refractivity contribution is 7.12. The number of carbonyl (C=O) groups excluding carboxylic acids is 2. The minimum atomic E-state index is -0.364. The fourth-order valence-electron chi connectivity index (χ4n) is 1.99. The monoisotopic (exact) mass is 265 g/mol. The molecule has 1 aromatic rings. The van der Waals surface area contributed by atoms with Gasteiger partial charge in [0.25, 0.3) is 0 Å². The first kappa shape index (κ1) is 12.8. The fraction of sp³-hybridized carbons (Fsp3) is 0.385. The minimum absolute atomic E-state index is 0.0313. The van der Waals surface area contributed by atoms with Crippen molar-refractivity contribution in [3.05, 3.63) is 29.0 Å². The molecule has 0 radical (unpaired) electrons. The van der Waals surface area contributed by atoms with E-state index in [9.17, 15) is 9.59 Å². The summed E-state index contributed by atoms with van der Waals surface area (Å²) in [6.07, 6.45) is 2.25. The van der Waals surface area contributed by atoms with Crippen LogP contribution >= 0.6 is 11.3 Å². The Bertz CT molecular complexity index is 480. The third-order valence-electron chi connectivity index (χ3n) is 2.88. The van der Waals surface area contributed by atoms with E-state index in [1.54, 1.807) is 29.3 Å². The molecule has 1 aliphatic rings. The third kappa shape index (κ3) is 2.31. The first-order valence-corrected chi connectivity index (χ1v) is 6.72. The summed E-state index contributed by atoms with van der Waals surface area (Å²) in [5.74, 6) is -0.173. The van der Waals surface area contributed by atoms with Crippen LogP contribution in [0.5, 0.6) is 0 Å². The summed E-state index contributed by atoms with van der Waals surface area (Å²) in [5.41, 5.74) is 0.660. The molecule has 1 atom stereocenters. The van der Waals surface area contributed by atoms with E-state index in [4.69, 9.17) is 4.74 Å². The van der Waals surface area contributed by atoms with E-state index in [0.717, 1.165) is 0 Å². The van der Waals surface area contributed by atoms with Gasteiger partial charge in [-0.3, -0.25) is 4.79 Å². The molecule has 1 amide bonds. The van der Waals surface area contributed by atoms with Gasteiger partial charge >= 0.3 is 5.97 Å². The van der Waals surface area contributed by atoms with Crippen molar-refractivity contribution in [2.24, 2.45) is 5.92 Å². The molecule has 0 aliphatic carbocycles. The SMILES string of the molecule is C=CC1CC(=O)N(c2ccsc2C(=O)OCC)C1. The molecule has 5 heteroatoms. The van der Waals surface area contributed by atoms with Crippen molar-refractivity contribution in [2.45, 2.75) is 13.3 Å². The van der Waals surface area contributed by atoms with Crippen LogP contribution in [0.15, 0.2) is 24.1 Å². The summed E-state index contributed by atoms with van der Waals surface area (Å²) in [6.45, 7) is 6.40. The van der Waals surface area contributed by atoms with Crippen LogP contribution in [0.4, 0.5) is 5.69 Å². The summed E-state index contributed by atoms with van der Waals surface area (Å²) >= 11 is 1.30. The van der Waals surface area contributed by atoms with E-state index in [1.807, 2.05) is 0 Å². The Morgan fingerprint density at radius 1 is 1.72 bits per heavy atom. The third-order valence-corrected chi connectivity index (χ3v) is 3.77. The number of anilines is 1. The molecule has 0 spiro atoms. The van der Waals surface area contributed by atoms with Crippen LogP contribution in [0.1, 0.15) is 23.0 Å². The highest BCUT2D eigenvalue weighted by atomic mass is 32.1. The average molecular weight is 265 g/mol. The Hall–Kier alpha value is -1.62. The van der Waals surface area contributed by atoms with E-state index in [0.29, 0.717) is 30.1 Å². The van der Waals surface area contributed by atoms with Crippen LogP contribution in [-0.4, -0.2) is 25.0 Å². The Morgan fingerprint density at radius 3 is 3.11 bits per heavy atom. The molecule has 18 heavy (non-hydrogen) atoms. The van der Waals surface area contributed by atoms with Gasteiger partial charge in [-0.1, -0.05) is 6.08 Å². The molecule has 0 bridgehead atoms. The highest BCUT2D eigenvalue weighted by Crippen LogP contribution is 2.32. The van der Waals surface area contributed by atoms with Gasteiger partial charge in [-0.25, -0.2) is 4.79 Å². The van der Waals surface area contributed by atoms with Gasteiger partial charge in [0, 0.05) is 18.9 Å². The van der Waals surface area contributed by atoms with E-state index in [2.05, 4.69) is 6.58 Å². The molecule has 2 heterocycles. The molecule has 0 N–H and O–H groups in total. The van der Waals surface area contributed by atoms with Crippen molar-refractivity contribution < 1.29 is 14.3 Å². The lowest BCUT2D eigenvalue weighted by atomic mass is 10.1. The Labute approximate surface area is 110 Å². The zero-order valence-electron chi connectivity index (χ0n) is 10.2. The Balaban J connectivity index is 2.24. The number of esters is 1.